The molecular formula is C14H21N3O4. The van der Waals surface area contributed by atoms with Crippen molar-refractivity contribution in [1.82, 2.24) is 15.0 Å². The summed E-state index contributed by atoms with van der Waals surface area (Å²) in [5.41, 5.74) is 0. The highest BCUT2D eigenvalue weighted by molar-refractivity contribution is 5.80. The summed E-state index contributed by atoms with van der Waals surface area (Å²) in [6.45, 7) is 5.98. The Morgan fingerprint density at radius 2 is 2.29 bits per heavy atom. The largest absolute Gasteiger partial charge is 0.378 e. The third kappa shape index (κ3) is 2.94. The van der Waals surface area contributed by atoms with Gasteiger partial charge in [-0.15, -0.1) is 0 Å². The van der Waals surface area contributed by atoms with Gasteiger partial charge in [0.2, 0.25) is 11.8 Å². The predicted octanol–water partition coefficient (Wildman–Crippen LogP) is 1.09. The van der Waals surface area contributed by atoms with E-state index in [9.17, 15) is 4.79 Å². The van der Waals surface area contributed by atoms with Crippen molar-refractivity contribution in [3.05, 3.63) is 11.7 Å². The molecule has 1 amide bonds. The Balaban J connectivity index is 1.66. The van der Waals surface area contributed by atoms with Crippen molar-refractivity contribution in [2.75, 3.05) is 26.4 Å². The zero-order valence-electron chi connectivity index (χ0n) is 12.4. The van der Waals surface area contributed by atoms with E-state index < -0.39 is 0 Å². The van der Waals surface area contributed by atoms with E-state index in [2.05, 4.69) is 10.1 Å². The predicted molar refractivity (Wildman–Crippen MR) is 72.4 cm³/mol. The summed E-state index contributed by atoms with van der Waals surface area (Å²) in [6, 6.07) is -0.241. The van der Waals surface area contributed by atoms with Gasteiger partial charge in [-0.1, -0.05) is 5.16 Å². The van der Waals surface area contributed by atoms with Crippen LogP contribution in [0.2, 0.25) is 0 Å². The molecule has 7 nitrogen and oxygen atoms in total. The van der Waals surface area contributed by atoms with E-state index in [4.69, 9.17) is 14.0 Å². The number of ether oxygens (including phenoxy) is 2. The van der Waals surface area contributed by atoms with Crippen LogP contribution in [0.1, 0.15) is 37.5 Å². The minimum Gasteiger partial charge on any atom is -0.378 e. The summed E-state index contributed by atoms with van der Waals surface area (Å²) in [7, 11) is 0. The first kappa shape index (κ1) is 14.5. The van der Waals surface area contributed by atoms with Gasteiger partial charge in [-0.25, -0.2) is 0 Å². The van der Waals surface area contributed by atoms with Crippen molar-refractivity contribution < 1.29 is 18.8 Å². The lowest BCUT2D eigenvalue weighted by Gasteiger charge is -2.41. The fourth-order valence-electron chi connectivity index (χ4n) is 2.91. The molecule has 1 aliphatic heterocycles. The van der Waals surface area contributed by atoms with Crippen molar-refractivity contribution in [2.45, 2.75) is 38.8 Å². The average molecular weight is 295 g/mol. The van der Waals surface area contributed by atoms with Crippen molar-refractivity contribution in [2.24, 2.45) is 5.92 Å². The minimum atomic E-state index is -0.241. The van der Waals surface area contributed by atoms with Gasteiger partial charge in [-0.2, -0.15) is 4.98 Å². The van der Waals surface area contributed by atoms with E-state index >= 15 is 0 Å². The highest BCUT2D eigenvalue weighted by atomic mass is 16.5. The molecule has 3 rings (SSSR count). The number of hydrogen-bond acceptors (Lipinski definition) is 6. The van der Waals surface area contributed by atoms with Gasteiger partial charge in [0, 0.05) is 26.0 Å². The molecule has 1 saturated carbocycles. The maximum atomic E-state index is 12.6. The number of aromatic nitrogens is 2. The summed E-state index contributed by atoms with van der Waals surface area (Å²) >= 11 is 0. The molecule has 116 valence electrons. The maximum Gasteiger partial charge on any atom is 0.226 e. The Hall–Kier alpha value is -1.47. The van der Waals surface area contributed by atoms with Crippen LogP contribution in [0.3, 0.4) is 0 Å². The van der Waals surface area contributed by atoms with E-state index in [0.29, 0.717) is 38.1 Å². The van der Waals surface area contributed by atoms with E-state index in [-0.39, 0.29) is 24.0 Å². The third-order valence-corrected chi connectivity index (χ3v) is 4.10. The quantitative estimate of drug-likeness (QED) is 0.827. The lowest BCUT2D eigenvalue weighted by atomic mass is 9.81. The molecule has 7 heteroatoms. The number of carbonyl (C=O) groups is 1. The van der Waals surface area contributed by atoms with Crippen molar-refractivity contribution in [3.8, 4) is 0 Å². The topological polar surface area (TPSA) is 77.7 Å². The van der Waals surface area contributed by atoms with Crippen molar-refractivity contribution >= 4 is 5.91 Å². The van der Waals surface area contributed by atoms with Gasteiger partial charge < -0.3 is 18.9 Å². The number of aryl methyl sites for hydroxylation is 1. The van der Waals surface area contributed by atoms with Crippen LogP contribution < -0.4 is 0 Å². The van der Waals surface area contributed by atoms with Crippen LogP contribution in [0.25, 0.3) is 0 Å². The zero-order chi connectivity index (χ0) is 14.8. The SMILES string of the molecule is CCOC1CC(C(=O)N2CCOCC2c2noc(C)n2)C1. The number of rotatable bonds is 4. The third-order valence-electron chi connectivity index (χ3n) is 4.10. The highest BCUT2D eigenvalue weighted by Crippen LogP contribution is 2.34. The fraction of sp³-hybridized carbons (Fsp3) is 0.786. The van der Waals surface area contributed by atoms with Crippen LogP contribution in [-0.2, 0) is 14.3 Å². The molecule has 2 heterocycles. The molecule has 1 aliphatic carbocycles. The van der Waals surface area contributed by atoms with Crippen LogP contribution in [-0.4, -0.2) is 53.4 Å². The number of carbonyl (C=O) groups excluding carboxylic acids is 1. The van der Waals surface area contributed by atoms with Gasteiger partial charge >= 0.3 is 0 Å². The Bertz CT molecular complexity index is 498. The van der Waals surface area contributed by atoms with Crippen LogP contribution in [0.4, 0.5) is 0 Å². The summed E-state index contributed by atoms with van der Waals surface area (Å²) in [5, 5.41) is 3.93. The van der Waals surface area contributed by atoms with Gasteiger partial charge in [0.1, 0.15) is 6.04 Å². The summed E-state index contributed by atoms with van der Waals surface area (Å²) in [5.74, 6) is 1.24. The molecule has 2 aliphatic rings. The first-order chi connectivity index (χ1) is 10.2. The molecule has 1 unspecified atom stereocenters. The number of amides is 1. The second kappa shape index (κ2) is 6.11. The number of hydrogen-bond donors (Lipinski definition) is 0. The number of morpholine rings is 1. The van der Waals surface area contributed by atoms with Crippen LogP contribution in [0.15, 0.2) is 4.52 Å². The van der Waals surface area contributed by atoms with Crippen molar-refractivity contribution in [1.29, 1.82) is 0 Å². The fourth-order valence-corrected chi connectivity index (χ4v) is 2.91. The molecule has 0 radical (unpaired) electrons. The minimum absolute atomic E-state index is 0.0511. The van der Waals surface area contributed by atoms with E-state index in [1.54, 1.807) is 6.92 Å². The summed E-state index contributed by atoms with van der Waals surface area (Å²) in [4.78, 5) is 18.7. The smallest absolute Gasteiger partial charge is 0.226 e. The van der Waals surface area contributed by atoms with Gasteiger partial charge in [-0.05, 0) is 19.8 Å². The molecule has 21 heavy (non-hydrogen) atoms. The first-order valence-corrected chi connectivity index (χ1v) is 7.49. The summed E-state index contributed by atoms with van der Waals surface area (Å²) < 4.78 is 16.0. The second-order valence-electron chi connectivity index (χ2n) is 5.54. The molecular weight excluding hydrogens is 274 g/mol. The second-order valence-corrected chi connectivity index (χ2v) is 5.54. The summed E-state index contributed by atoms with van der Waals surface area (Å²) in [6.07, 6.45) is 1.85. The molecule has 1 atom stereocenters. The molecule has 0 spiro atoms. The lowest BCUT2D eigenvalue weighted by molar-refractivity contribution is -0.153. The molecule has 1 aromatic rings. The highest BCUT2D eigenvalue weighted by Gasteiger charge is 2.41. The molecule has 2 fully saturated rings. The van der Waals surface area contributed by atoms with E-state index in [0.717, 1.165) is 12.8 Å². The molecule has 1 aromatic heterocycles. The lowest BCUT2D eigenvalue weighted by Crippen LogP contribution is -2.50. The van der Waals surface area contributed by atoms with Gasteiger partial charge in [0.25, 0.3) is 0 Å². The normalized spacial score (nSPS) is 29.2. The zero-order valence-corrected chi connectivity index (χ0v) is 12.4. The van der Waals surface area contributed by atoms with Crippen LogP contribution in [0, 0.1) is 12.8 Å². The Morgan fingerprint density at radius 3 is 2.95 bits per heavy atom. The maximum absolute atomic E-state index is 12.6. The van der Waals surface area contributed by atoms with Crippen LogP contribution in [0.5, 0.6) is 0 Å². The number of nitrogens with zero attached hydrogens (tertiary/aromatic N) is 3. The van der Waals surface area contributed by atoms with Gasteiger partial charge in [0.15, 0.2) is 5.82 Å². The van der Waals surface area contributed by atoms with Gasteiger partial charge in [0.05, 0.1) is 19.3 Å². The monoisotopic (exact) mass is 295 g/mol. The van der Waals surface area contributed by atoms with Gasteiger partial charge in [-0.3, -0.25) is 4.79 Å². The first-order valence-electron chi connectivity index (χ1n) is 7.49. The Labute approximate surface area is 123 Å². The van der Waals surface area contributed by atoms with E-state index in [1.807, 2.05) is 11.8 Å². The van der Waals surface area contributed by atoms with Crippen LogP contribution >= 0.6 is 0 Å². The molecule has 0 bridgehead atoms. The standard InChI is InChI=1S/C14H21N3O4/c1-3-20-11-6-10(7-11)14(18)17-4-5-19-8-12(17)13-15-9(2)21-16-13/h10-12H,3-8H2,1-2H3. The Morgan fingerprint density at radius 1 is 1.48 bits per heavy atom. The van der Waals surface area contributed by atoms with Crippen molar-refractivity contribution in [3.63, 3.8) is 0 Å². The average Bonchev–Trinajstić information content (AvgIpc) is 2.88. The Kier molecular flexibility index (Phi) is 4.21. The molecule has 0 N–H and O–H groups in total. The molecule has 1 saturated heterocycles. The molecule has 0 aromatic carbocycles. The van der Waals surface area contributed by atoms with E-state index in [1.165, 1.54) is 0 Å².